The molecule has 0 radical (unpaired) electrons. The van der Waals surface area contributed by atoms with Crippen molar-refractivity contribution in [3.63, 3.8) is 0 Å². The lowest BCUT2D eigenvalue weighted by Crippen LogP contribution is -2.10. The van der Waals surface area contributed by atoms with Crippen LogP contribution >= 0.6 is 11.9 Å². The van der Waals surface area contributed by atoms with Gasteiger partial charge in [-0.1, -0.05) is 12.1 Å². The maximum Gasteiger partial charge on any atom is 0.150 e. The van der Waals surface area contributed by atoms with E-state index in [9.17, 15) is 9.90 Å². The molecule has 0 saturated heterocycles. The molecule has 0 atom stereocenters. The Morgan fingerprint density at radius 2 is 2.17 bits per heavy atom. The van der Waals surface area contributed by atoms with Crippen LogP contribution in [0, 0.1) is 0 Å². The quantitative estimate of drug-likeness (QED) is 0.651. The minimum Gasteiger partial charge on any atom is -0.508 e. The van der Waals surface area contributed by atoms with Crippen LogP contribution in [0.25, 0.3) is 6.08 Å². The number of nitrogens with zero attached hydrogens (tertiary/aromatic N) is 1. The summed E-state index contributed by atoms with van der Waals surface area (Å²) in [7, 11) is 1.83. The van der Waals surface area contributed by atoms with Gasteiger partial charge in [-0.2, -0.15) is 0 Å². The summed E-state index contributed by atoms with van der Waals surface area (Å²) in [5.41, 5.74) is 3.85. The van der Waals surface area contributed by atoms with E-state index in [2.05, 4.69) is 9.62 Å². The van der Waals surface area contributed by atoms with Gasteiger partial charge in [-0.05, 0) is 60.5 Å². The summed E-state index contributed by atoms with van der Waals surface area (Å²) in [5, 5.41) is 12.6. The highest BCUT2D eigenvalue weighted by molar-refractivity contribution is 8.00. The lowest BCUT2D eigenvalue weighted by atomic mass is 10.1. The Bertz CT molecular complexity index is 759. The number of fused-ring (bicyclic) bond motifs is 1. The topological polar surface area (TPSA) is 52.6 Å². The molecule has 2 aromatic carbocycles. The first-order chi connectivity index (χ1) is 11.2. The zero-order valence-corrected chi connectivity index (χ0v) is 13.6. The molecule has 3 rings (SSSR count). The van der Waals surface area contributed by atoms with Gasteiger partial charge in [-0.25, -0.2) is 0 Å². The van der Waals surface area contributed by atoms with Crippen LogP contribution in [0.5, 0.6) is 5.75 Å². The molecule has 0 amide bonds. The molecule has 0 fully saturated rings. The van der Waals surface area contributed by atoms with Gasteiger partial charge in [-0.3, -0.25) is 4.79 Å². The van der Waals surface area contributed by atoms with E-state index in [-0.39, 0.29) is 0 Å². The zero-order chi connectivity index (χ0) is 16.2. The molecule has 1 heterocycles. The first-order valence-corrected chi connectivity index (χ1v) is 8.19. The second-order valence-electron chi connectivity index (χ2n) is 5.26. The van der Waals surface area contributed by atoms with Crippen molar-refractivity contribution >= 4 is 30.0 Å². The van der Waals surface area contributed by atoms with Crippen LogP contribution in [-0.4, -0.2) is 25.0 Å². The van der Waals surface area contributed by atoms with Crippen molar-refractivity contribution in [1.29, 1.82) is 0 Å². The van der Waals surface area contributed by atoms with Gasteiger partial charge in [0.25, 0.3) is 0 Å². The monoisotopic (exact) mass is 326 g/mol. The summed E-state index contributed by atoms with van der Waals surface area (Å²) >= 11 is 1.62. The Labute approximate surface area is 140 Å². The molecule has 0 aromatic heterocycles. The Morgan fingerprint density at radius 3 is 2.96 bits per heavy atom. The van der Waals surface area contributed by atoms with Gasteiger partial charge >= 0.3 is 0 Å². The van der Waals surface area contributed by atoms with E-state index in [0.717, 1.165) is 41.0 Å². The van der Waals surface area contributed by atoms with Crippen LogP contribution in [0.1, 0.15) is 21.5 Å². The van der Waals surface area contributed by atoms with E-state index in [4.69, 9.17) is 0 Å². The first-order valence-electron chi connectivity index (χ1n) is 7.42. The molecular weight excluding hydrogens is 308 g/mol. The number of benzene rings is 2. The summed E-state index contributed by atoms with van der Waals surface area (Å²) in [6, 6.07) is 11.2. The Balaban J connectivity index is 1.93. The first kappa shape index (κ1) is 15.5. The summed E-state index contributed by atoms with van der Waals surface area (Å²) in [6.07, 6.45) is 5.53. The smallest absolute Gasteiger partial charge is 0.150 e. The largest absolute Gasteiger partial charge is 0.508 e. The third kappa shape index (κ3) is 3.19. The molecule has 4 nitrogen and oxygen atoms in total. The second kappa shape index (κ2) is 6.79. The maximum absolute atomic E-state index is 11.3. The Kier molecular flexibility index (Phi) is 4.57. The molecule has 2 aromatic rings. The molecule has 2 N–H and O–H groups in total. The third-order valence-electron chi connectivity index (χ3n) is 3.77. The lowest BCUT2D eigenvalue weighted by molar-refractivity contribution is 0.112. The Morgan fingerprint density at radius 1 is 1.30 bits per heavy atom. The summed E-state index contributed by atoms with van der Waals surface area (Å²) in [4.78, 5) is 12.3. The van der Waals surface area contributed by atoms with Crippen LogP contribution in [-0.2, 0) is 6.42 Å². The number of anilines is 1. The van der Waals surface area contributed by atoms with Gasteiger partial charge in [0.2, 0.25) is 0 Å². The zero-order valence-electron chi connectivity index (χ0n) is 12.8. The predicted molar refractivity (Wildman–Crippen MR) is 94.9 cm³/mol. The number of aromatic hydroxyl groups is 1. The highest BCUT2D eigenvalue weighted by atomic mass is 32.2. The van der Waals surface area contributed by atoms with Crippen LogP contribution in [0.15, 0.2) is 47.5 Å². The summed E-state index contributed by atoms with van der Waals surface area (Å²) < 4.78 is 2.20. The lowest BCUT2D eigenvalue weighted by Gasteiger charge is -2.19. The normalized spacial score (nSPS) is 13.3. The van der Waals surface area contributed by atoms with Crippen molar-refractivity contribution in [3.05, 3.63) is 59.3 Å². The minimum absolute atomic E-state index is 0.302. The second-order valence-corrected chi connectivity index (χ2v) is 6.32. The van der Waals surface area contributed by atoms with Crippen molar-refractivity contribution in [2.45, 2.75) is 11.3 Å². The average molecular weight is 326 g/mol. The fourth-order valence-corrected chi connectivity index (χ4v) is 3.78. The molecule has 5 heteroatoms. The molecule has 1 aliphatic rings. The number of hydrogen-bond donors (Lipinski definition) is 2. The van der Waals surface area contributed by atoms with Crippen LogP contribution in [0.3, 0.4) is 0 Å². The van der Waals surface area contributed by atoms with Gasteiger partial charge in [0.15, 0.2) is 6.29 Å². The number of aldehydes is 1. The standard InChI is InChI=1S/C18H18N2O2S/c1-19-9-7-16-14(12-21)3-2-4-18(16)23-20-10-8-13-11-15(22)5-6-17(13)20/h2-7,9,11-12,19,22H,8,10H2,1H3/b9-7-. The highest BCUT2D eigenvalue weighted by Crippen LogP contribution is 2.39. The number of rotatable bonds is 5. The third-order valence-corrected chi connectivity index (χ3v) is 4.92. The maximum atomic E-state index is 11.3. The Hall–Kier alpha value is -2.40. The van der Waals surface area contributed by atoms with E-state index in [1.165, 1.54) is 0 Å². The molecular formula is C18H18N2O2S. The van der Waals surface area contributed by atoms with E-state index in [0.29, 0.717) is 11.3 Å². The van der Waals surface area contributed by atoms with Crippen molar-refractivity contribution < 1.29 is 9.90 Å². The number of carbonyl (C=O) groups excluding carboxylic acids is 1. The van der Waals surface area contributed by atoms with Crippen molar-refractivity contribution in [1.82, 2.24) is 5.32 Å². The number of hydrogen-bond acceptors (Lipinski definition) is 5. The molecule has 23 heavy (non-hydrogen) atoms. The molecule has 0 bridgehead atoms. The fraction of sp³-hybridized carbons (Fsp3) is 0.167. The van der Waals surface area contributed by atoms with Gasteiger partial charge in [0, 0.05) is 29.6 Å². The highest BCUT2D eigenvalue weighted by Gasteiger charge is 2.21. The number of phenols is 1. The molecule has 0 spiro atoms. The average Bonchev–Trinajstić information content (AvgIpc) is 2.95. The number of phenolic OH excluding ortho intramolecular Hbond substituents is 1. The number of carbonyl (C=O) groups is 1. The van der Waals surface area contributed by atoms with E-state index in [1.54, 1.807) is 18.0 Å². The fourth-order valence-electron chi connectivity index (χ4n) is 2.66. The van der Waals surface area contributed by atoms with Gasteiger partial charge in [0.1, 0.15) is 5.75 Å². The van der Waals surface area contributed by atoms with Gasteiger partial charge < -0.3 is 14.7 Å². The van der Waals surface area contributed by atoms with Gasteiger partial charge in [-0.15, -0.1) is 0 Å². The van der Waals surface area contributed by atoms with Crippen molar-refractivity contribution in [2.24, 2.45) is 0 Å². The van der Waals surface area contributed by atoms with Crippen LogP contribution in [0.2, 0.25) is 0 Å². The molecule has 0 saturated carbocycles. The summed E-state index contributed by atoms with van der Waals surface area (Å²) in [5.74, 6) is 0.302. The van der Waals surface area contributed by atoms with Gasteiger partial charge in [0.05, 0.1) is 5.69 Å². The minimum atomic E-state index is 0.302. The molecule has 0 aliphatic carbocycles. The summed E-state index contributed by atoms with van der Waals surface area (Å²) in [6.45, 7) is 0.879. The SMILES string of the molecule is CN/C=C\c1c(C=O)cccc1SN1CCc2cc(O)ccc21. The van der Waals surface area contributed by atoms with Crippen molar-refractivity contribution in [2.75, 3.05) is 17.9 Å². The van der Waals surface area contributed by atoms with Crippen molar-refractivity contribution in [3.8, 4) is 5.75 Å². The molecule has 118 valence electrons. The van der Waals surface area contributed by atoms with E-state index >= 15 is 0 Å². The van der Waals surface area contributed by atoms with E-state index in [1.807, 2.05) is 49.7 Å². The molecule has 1 aliphatic heterocycles. The predicted octanol–water partition coefficient (Wildman–Crippen LogP) is 3.46. The van der Waals surface area contributed by atoms with Crippen LogP contribution < -0.4 is 9.62 Å². The van der Waals surface area contributed by atoms with E-state index < -0.39 is 0 Å². The molecule has 0 unspecified atom stereocenters. The number of nitrogens with one attached hydrogen (secondary N) is 1. The van der Waals surface area contributed by atoms with Crippen LogP contribution in [0.4, 0.5) is 5.69 Å².